The first-order valence-corrected chi connectivity index (χ1v) is 12.2. The number of sulfonamides is 1. The van der Waals surface area contributed by atoms with E-state index in [2.05, 4.69) is 4.72 Å². The zero-order valence-corrected chi connectivity index (χ0v) is 18.8. The van der Waals surface area contributed by atoms with Crippen molar-refractivity contribution in [3.8, 4) is 6.07 Å². The number of nitrogens with two attached hydrogens (primary N) is 1. The van der Waals surface area contributed by atoms with Gasteiger partial charge in [-0.2, -0.15) is 5.26 Å². The number of rotatable bonds is 6. The summed E-state index contributed by atoms with van der Waals surface area (Å²) in [7, 11) is -3.79. The van der Waals surface area contributed by atoms with E-state index in [-0.39, 0.29) is 17.2 Å². The van der Waals surface area contributed by atoms with E-state index >= 15 is 0 Å². The number of hydrogen-bond donors (Lipinski definition) is 2. The molecule has 168 valence electrons. The molecule has 1 heterocycles. The van der Waals surface area contributed by atoms with Gasteiger partial charge in [0.05, 0.1) is 27.9 Å². The van der Waals surface area contributed by atoms with Crippen molar-refractivity contribution in [2.75, 3.05) is 21.9 Å². The van der Waals surface area contributed by atoms with Crippen LogP contribution < -0.4 is 15.4 Å². The molecule has 0 unspecified atom stereocenters. The number of para-hydroxylation sites is 1. The standard InChI is InChI=1S/C25H24N4O3S/c26-17-18-11-12-19(22(27)16-18)13-14-24(30)29-15-5-7-20-6-4-10-23(25(20)29)28-33(31,32)21-8-2-1-3-9-21/h1-4,6,8-12,16,28H,5,7,13-15,27H2. The van der Waals surface area contributed by atoms with Crippen LogP contribution in [0.3, 0.4) is 0 Å². The maximum absolute atomic E-state index is 13.2. The molecule has 3 aromatic carbocycles. The molecule has 7 nitrogen and oxygen atoms in total. The predicted octanol–water partition coefficient (Wildman–Crippen LogP) is 3.85. The van der Waals surface area contributed by atoms with E-state index < -0.39 is 10.0 Å². The first-order valence-electron chi connectivity index (χ1n) is 10.7. The van der Waals surface area contributed by atoms with Crippen LogP contribution in [-0.4, -0.2) is 20.9 Å². The first kappa shape index (κ1) is 22.4. The Labute approximate surface area is 193 Å². The topological polar surface area (TPSA) is 116 Å². The highest BCUT2D eigenvalue weighted by Crippen LogP contribution is 2.36. The fourth-order valence-corrected chi connectivity index (χ4v) is 5.14. The molecule has 1 aliphatic heterocycles. The van der Waals surface area contributed by atoms with E-state index in [9.17, 15) is 13.2 Å². The van der Waals surface area contributed by atoms with Gasteiger partial charge in [0.15, 0.2) is 0 Å². The average molecular weight is 461 g/mol. The van der Waals surface area contributed by atoms with Crippen molar-refractivity contribution < 1.29 is 13.2 Å². The molecule has 0 bridgehead atoms. The van der Waals surface area contributed by atoms with Crippen LogP contribution in [0.5, 0.6) is 0 Å². The molecule has 0 aliphatic carbocycles. The highest BCUT2D eigenvalue weighted by atomic mass is 32.2. The number of aryl methyl sites for hydroxylation is 2. The van der Waals surface area contributed by atoms with Crippen LogP contribution in [-0.2, 0) is 27.7 Å². The van der Waals surface area contributed by atoms with Gasteiger partial charge in [-0.05, 0) is 60.7 Å². The number of nitrogens with zero attached hydrogens (tertiary/aromatic N) is 2. The van der Waals surface area contributed by atoms with Gasteiger partial charge in [0.2, 0.25) is 5.91 Å². The lowest BCUT2D eigenvalue weighted by Crippen LogP contribution is -2.36. The summed E-state index contributed by atoms with van der Waals surface area (Å²) < 4.78 is 28.5. The minimum absolute atomic E-state index is 0.105. The third kappa shape index (κ3) is 4.83. The summed E-state index contributed by atoms with van der Waals surface area (Å²) >= 11 is 0. The normalized spacial score (nSPS) is 13.1. The SMILES string of the molecule is N#Cc1ccc(CCC(=O)N2CCCc3cccc(NS(=O)(=O)c4ccccc4)c32)c(N)c1. The Balaban J connectivity index is 1.58. The summed E-state index contributed by atoms with van der Waals surface area (Å²) in [5.74, 6) is -0.105. The molecule has 0 spiro atoms. The molecule has 33 heavy (non-hydrogen) atoms. The van der Waals surface area contributed by atoms with E-state index in [0.29, 0.717) is 35.6 Å². The largest absolute Gasteiger partial charge is 0.398 e. The number of nitrogens with one attached hydrogen (secondary N) is 1. The van der Waals surface area contributed by atoms with Crippen LogP contribution in [0.25, 0.3) is 0 Å². The van der Waals surface area contributed by atoms with Crippen molar-refractivity contribution in [2.24, 2.45) is 0 Å². The maximum Gasteiger partial charge on any atom is 0.261 e. The number of nitriles is 1. The smallest absolute Gasteiger partial charge is 0.261 e. The van der Waals surface area contributed by atoms with Crippen molar-refractivity contribution in [1.29, 1.82) is 5.26 Å². The number of carbonyl (C=O) groups is 1. The second-order valence-electron chi connectivity index (χ2n) is 7.91. The fraction of sp³-hybridized carbons (Fsp3) is 0.200. The van der Waals surface area contributed by atoms with Gasteiger partial charge in [0.25, 0.3) is 10.0 Å². The van der Waals surface area contributed by atoms with E-state index in [0.717, 1.165) is 24.0 Å². The molecule has 3 aromatic rings. The molecule has 3 N–H and O–H groups in total. The number of hydrogen-bond acceptors (Lipinski definition) is 5. The van der Waals surface area contributed by atoms with Gasteiger partial charge in [-0.25, -0.2) is 8.42 Å². The summed E-state index contributed by atoms with van der Waals surface area (Å²) in [6.07, 6.45) is 2.21. The minimum Gasteiger partial charge on any atom is -0.398 e. The molecule has 0 saturated heterocycles. The van der Waals surface area contributed by atoms with Crippen LogP contribution >= 0.6 is 0 Å². The number of fused-ring (bicyclic) bond motifs is 1. The summed E-state index contributed by atoms with van der Waals surface area (Å²) in [6, 6.07) is 20.7. The Kier molecular flexibility index (Phi) is 6.33. The highest BCUT2D eigenvalue weighted by molar-refractivity contribution is 7.92. The Bertz CT molecular complexity index is 1330. The van der Waals surface area contributed by atoms with Crippen LogP contribution in [0.4, 0.5) is 17.1 Å². The summed E-state index contributed by atoms with van der Waals surface area (Å²) in [5, 5.41) is 9.00. The lowest BCUT2D eigenvalue weighted by molar-refractivity contribution is -0.118. The Morgan fingerprint density at radius 3 is 2.61 bits per heavy atom. The van der Waals surface area contributed by atoms with Crippen LogP contribution in [0.1, 0.15) is 29.5 Å². The second-order valence-corrected chi connectivity index (χ2v) is 9.59. The van der Waals surface area contributed by atoms with E-state index in [1.54, 1.807) is 53.4 Å². The molecule has 0 fully saturated rings. The third-order valence-electron chi connectivity index (χ3n) is 5.70. The molecule has 0 saturated carbocycles. The molecule has 4 rings (SSSR count). The predicted molar refractivity (Wildman–Crippen MR) is 128 cm³/mol. The van der Waals surface area contributed by atoms with Crippen molar-refractivity contribution >= 4 is 33.0 Å². The van der Waals surface area contributed by atoms with E-state index in [1.165, 1.54) is 12.1 Å². The zero-order valence-electron chi connectivity index (χ0n) is 18.0. The van der Waals surface area contributed by atoms with Gasteiger partial charge in [-0.15, -0.1) is 0 Å². The van der Waals surface area contributed by atoms with Crippen molar-refractivity contribution in [2.45, 2.75) is 30.6 Å². The molecular weight excluding hydrogens is 436 g/mol. The van der Waals surface area contributed by atoms with Crippen molar-refractivity contribution in [1.82, 2.24) is 0 Å². The Morgan fingerprint density at radius 2 is 1.88 bits per heavy atom. The quantitative estimate of drug-likeness (QED) is 0.542. The number of nitrogen functional groups attached to an aromatic ring is 1. The molecular formula is C25H24N4O3S. The van der Waals surface area contributed by atoms with Gasteiger partial charge in [-0.1, -0.05) is 36.4 Å². The third-order valence-corrected chi connectivity index (χ3v) is 7.08. The zero-order chi connectivity index (χ0) is 23.4. The van der Waals surface area contributed by atoms with Crippen LogP contribution in [0.15, 0.2) is 71.6 Å². The molecule has 1 amide bonds. The monoisotopic (exact) mass is 460 g/mol. The van der Waals surface area contributed by atoms with E-state index in [4.69, 9.17) is 11.0 Å². The second kappa shape index (κ2) is 9.35. The van der Waals surface area contributed by atoms with Crippen molar-refractivity contribution in [3.05, 3.63) is 83.4 Å². The number of carbonyl (C=O) groups excluding carboxylic acids is 1. The summed E-state index contributed by atoms with van der Waals surface area (Å²) in [4.78, 5) is 15.0. The number of amides is 1. The molecule has 8 heteroatoms. The molecule has 0 aromatic heterocycles. The van der Waals surface area contributed by atoms with E-state index in [1.807, 2.05) is 12.1 Å². The molecule has 0 atom stereocenters. The van der Waals surface area contributed by atoms with Crippen LogP contribution in [0.2, 0.25) is 0 Å². The average Bonchev–Trinajstić information content (AvgIpc) is 2.83. The van der Waals surface area contributed by atoms with Gasteiger partial charge in [-0.3, -0.25) is 9.52 Å². The summed E-state index contributed by atoms with van der Waals surface area (Å²) in [5.41, 5.74) is 9.73. The lowest BCUT2D eigenvalue weighted by atomic mass is 9.99. The Hall–Kier alpha value is -3.83. The van der Waals surface area contributed by atoms with Gasteiger partial charge in [0, 0.05) is 18.7 Å². The van der Waals surface area contributed by atoms with Crippen LogP contribution in [0, 0.1) is 11.3 Å². The number of benzene rings is 3. The van der Waals surface area contributed by atoms with Crippen molar-refractivity contribution in [3.63, 3.8) is 0 Å². The lowest BCUT2D eigenvalue weighted by Gasteiger charge is -2.32. The number of anilines is 3. The van der Waals surface area contributed by atoms with Gasteiger partial charge < -0.3 is 10.6 Å². The first-order chi connectivity index (χ1) is 15.9. The molecule has 0 radical (unpaired) electrons. The highest BCUT2D eigenvalue weighted by Gasteiger charge is 2.27. The van der Waals surface area contributed by atoms with Gasteiger partial charge >= 0.3 is 0 Å². The Morgan fingerprint density at radius 1 is 1.09 bits per heavy atom. The minimum atomic E-state index is -3.79. The fourth-order valence-electron chi connectivity index (χ4n) is 4.06. The summed E-state index contributed by atoms with van der Waals surface area (Å²) in [6.45, 7) is 0.513. The molecule has 1 aliphatic rings. The van der Waals surface area contributed by atoms with Gasteiger partial charge in [0.1, 0.15) is 0 Å². The maximum atomic E-state index is 13.2.